The zero-order valence-electron chi connectivity index (χ0n) is 15.1. The molecule has 7 nitrogen and oxygen atoms in total. The van der Waals surface area contributed by atoms with Crippen molar-refractivity contribution in [3.05, 3.63) is 65.7 Å². The van der Waals surface area contributed by atoms with Crippen molar-refractivity contribution in [3.63, 3.8) is 0 Å². The Balaban J connectivity index is 1.31. The van der Waals surface area contributed by atoms with E-state index in [0.29, 0.717) is 29.9 Å². The van der Waals surface area contributed by atoms with Gasteiger partial charge in [-0.25, -0.2) is 4.98 Å². The fourth-order valence-corrected chi connectivity index (χ4v) is 3.66. The summed E-state index contributed by atoms with van der Waals surface area (Å²) in [4.78, 5) is 17.0. The minimum absolute atomic E-state index is 0.194. The largest absolute Gasteiger partial charge is 0.486 e. The number of ether oxygens (including phenoxy) is 2. The summed E-state index contributed by atoms with van der Waals surface area (Å²) >= 11 is 1.33. The van der Waals surface area contributed by atoms with Gasteiger partial charge in [0.25, 0.3) is 5.91 Å². The molecule has 1 aliphatic rings. The van der Waals surface area contributed by atoms with Gasteiger partial charge < -0.3 is 14.0 Å². The second kappa shape index (κ2) is 7.40. The van der Waals surface area contributed by atoms with Crippen LogP contribution in [-0.2, 0) is 0 Å². The number of aromatic nitrogens is 2. The summed E-state index contributed by atoms with van der Waals surface area (Å²) in [5.74, 6) is 1.58. The van der Waals surface area contributed by atoms with Crippen molar-refractivity contribution in [1.29, 1.82) is 0 Å². The van der Waals surface area contributed by atoms with Gasteiger partial charge in [-0.3, -0.25) is 10.1 Å². The van der Waals surface area contributed by atoms with Gasteiger partial charge in [0.05, 0.1) is 5.69 Å². The number of fused-ring (bicyclic) bond motifs is 1. The predicted octanol–water partition coefficient (Wildman–Crippen LogP) is 4.49. The molecule has 1 aliphatic heterocycles. The highest BCUT2D eigenvalue weighted by Gasteiger charge is 2.17. The predicted molar refractivity (Wildman–Crippen MR) is 108 cm³/mol. The summed E-state index contributed by atoms with van der Waals surface area (Å²) in [6.07, 6.45) is 0. The lowest BCUT2D eigenvalue weighted by atomic mass is 10.1. The van der Waals surface area contributed by atoms with Gasteiger partial charge in [-0.1, -0.05) is 35.5 Å². The topological polar surface area (TPSA) is 86.5 Å². The Morgan fingerprint density at radius 1 is 0.966 bits per heavy atom. The standard InChI is InChI=1S/C21H15N3O4S/c25-20(15-11-18(28-24-15)13-4-2-1-3-5-13)23-21-22-16(12-29-21)14-6-7-17-19(10-14)27-9-8-26-17/h1-7,10-12H,8-9H2,(H,22,23,25). The number of hydrogen-bond acceptors (Lipinski definition) is 7. The summed E-state index contributed by atoms with van der Waals surface area (Å²) in [5.41, 5.74) is 2.68. The number of amides is 1. The Bertz CT molecular complexity index is 1170. The molecule has 0 radical (unpaired) electrons. The monoisotopic (exact) mass is 405 g/mol. The van der Waals surface area contributed by atoms with Crippen LogP contribution >= 0.6 is 11.3 Å². The van der Waals surface area contributed by atoms with E-state index in [1.807, 2.05) is 53.9 Å². The average molecular weight is 405 g/mol. The van der Waals surface area contributed by atoms with E-state index in [-0.39, 0.29) is 11.6 Å². The van der Waals surface area contributed by atoms with Crippen molar-refractivity contribution >= 4 is 22.4 Å². The van der Waals surface area contributed by atoms with E-state index < -0.39 is 0 Å². The van der Waals surface area contributed by atoms with E-state index in [4.69, 9.17) is 14.0 Å². The van der Waals surface area contributed by atoms with Crippen LogP contribution in [0, 0.1) is 0 Å². The van der Waals surface area contributed by atoms with E-state index in [1.165, 1.54) is 11.3 Å². The van der Waals surface area contributed by atoms with Crippen LogP contribution in [0.25, 0.3) is 22.6 Å². The van der Waals surface area contributed by atoms with Crippen LogP contribution in [-0.4, -0.2) is 29.3 Å². The number of carbonyl (C=O) groups is 1. The second-order valence-corrected chi connectivity index (χ2v) is 7.15. The summed E-state index contributed by atoms with van der Waals surface area (Å²) in [5, 5.41) is 8.98. The molecule has 0 aliphatic carbocycles. The Morgan fingerprint density at radius 2 is 1.79 bits per heavy atom. The molecule has 5 rings (SSSR count). The van der Waals surface area contributed by atoms with Gasteiger partial charge in [0.1, 0.15) is 13.2 Å². The van der Waals surface area contributed by atoms with Crippen LogP contribution in [0.3, 0.4) is 0 Å². The van der Waals surface area contributed by atoms with Gasteiger partial charge >= 0.3 is 0 Å². The van der Waals surface area contributed by atoms with E-state index in [2.05, 4.69) is 15.5 Å². The molecule has 0 spiro atoms. The van der Waals surface area contributed by atoms with E-state index in [1.54, 1.807) is 6.07 Å². The maximum atomic E-state index is 12.5. The smallest absolute Gasteiger partial charge is 0.279 e. The van der Waals surface area contributed by atoms with Crippen molar-refractivity contribution in [2.24, 2.45) is 0 Å². The molecule has 3 heterocycles. The second-order valence-electron chi connectivity index (χ2n) is 6.29. The normalized spacial score (nSPS) is 12.6. The Labute approximate surface area is 169 Å². The lowest BCUT2D eigenvalue weighted by Crippen LogP contribution is -2.15. The highest BCUT2D eigenvalue weighted by molar-refractivity contribution is 7.14. The molecular formula is C21H15N3O4S. The number of carbonyl (C=O) groups excluding carboxylic acids is 1. The lowest BCUT2D eigenvalue weighted by Gasteiger charge is -2.18. The minimum atomic E-state index is -0.376. The van der Waals surface area contributed by atoms with Crippen molar-refractivity contribution in [1.82, 2.24) is 10.1 Å². The Hall–Kier alpha value is -3.65. The van der Waals surface area contributed by atoms with Crippen molar-refractivity contribution in [2.45, 2.75) is 0 Å². The van der Waals surface area contributed by atoms with Crippen molar-refractivity contribution in [2.75, 3.05) is 18.5 Å². The molecule has 8 heteroatoms. The quantitative estimate of drug-likeness (QED) is 0.538. The van der Waals surface area contributed by atoms with Gasteiger partial charge in [-0.2, -0.15) is 0 Å². The first-order valence-corrected chi connectivity index (χ1v) is 9.83. The number of anilines is 1. The van der Waals surface area contributed by atoms with E-state index >= 15 is 0 Å². The van der Waals surface area contributed by atoms with Crippen LogP contribution in [0.15, 0.2) is 64.5 Å². The Morgan fingerprint density at radius 3 is 2.66 bits per heavy atom. The lowest BCUT2D eigenvalue weighted by molar-refractivity contribution is 0.101. The molecule has 2 aromatic heterocycles. The fraction of sp³-hybridized carbons (Fsp3) is 0.0952. The average Bonchev–Trinajstić information content (AvgIpc) is 3.44. The van der Waals surface area contributed by atoms with Crippen LogP contribution in [0.4, 0.5) is 5.13 Å². The maximum absolute atomic E-state index is 12.5. The minimum Gasteiger partial charge on any atom is -0.486 e. The first kappa shape index (κ1) is 17.4. The number of rotatable bonds is 4. The summed E-state index contributed by atoms with van der Waals surface area (Å²) < 4.78 is 16.4. The molecule has 0 atom stereocenters. The van der Waals surface area contributed by atoms with E-state index in [9.17, 15) is 4.79 Å². The number of thiazole rings is 1. The molecule has 0 saturated carbocycles. The summed E-state index contributed by atoms with van der Waals surface area (Å²) in [6.45, 7) is 1.07. The zero-order chi connectivity index (χ0) is 19.6. The Kier molecular flexibility index (Phi) is 4.45. The van der Waals surface area contributed by atoms with Crippen LogP contribution in [0.5, 0.6) is 11.5 Å². The molecule has 0 unspecified atom stereocenters. The molecule has 0 saturated heterocycles. The highest BCUT2D eigenvalue weighted by atomic mass is 32.1. The van der Waals surface area contributed by atoms with Gasteiger partial charge in [0.15, 0.2) is 28.1 Å². The first-order chi connectivity index (χ1) is 14.3. The van der Waals surface area contributed by atoms with Crippen LogP contribution < -0.4 is 14.8 Å². The molecule has 0 fully saturated rings. The molecule has 29 heavy (non-hydrogen) atoms. The summed E-state index contributed by atoms with van der Waals surface area (Å²) in [6, 6.07) is 16.8. The van der Waals surface area contributed by atoms with Gasteiger partial charge in [0, 0.05) is 22.6 Å². The number of nitrogens with zero attached hydrogens (tertiary/aromatic N) is 2. The maximum Gasteiger partial charge on any atom is 0.279 e. The van der Waals surface area contributed by atoms with Crippen LogP contribution in [0.1, 0.15) is 10.5 Å². The fourth-order valence-electron chi connectivity index (χ4n) is 2.95. The third-order valence-corrected chi connectivity index (χ3v) is 5.12. The molecule has 1 amide bonds. The molecule has 2 aromatic carbocycles. The highest BCUT2D eigenvalue weighted by Crippen LogP contribution is 2.35. The molecule has 1 N–H and O–H groups in total. The molecular weight excluding hydrogens is 390 g/mol. The van der Waals surface area contributed by atoms with Gasteiger partial charge in [-0.05, 0) is 18.2 Å². The van der Waals surface area contributed by atoms with E-state index in [0.717, 1.165) is 22.6 Å². The molecule has 144 valence electrons. The van der Waals surface area contributed by atoms with Crippen molar-refractivity contribution < 1.29 is 18.8 Å². The zero-order valence-corrected chi connectivity index (χ0v) is 15.9. The van der Waals surface area contributed by atoms with Gasteiger partial charge in [-0.15, -0.1) is 11.3 Å². The SMILES string of the molecule is O=C(Nc1nc(-c2ccc3c(c2)OCCO3)cs1)c1cc(-c2ccccc2)on1. The summed E-state index contributed by atoms with van der Waals surface area (Å²) in [7, 11) is 0. The number of benzene rings is 2. The number of hydrogen-bond donors (Lipinski definition) is 1. The van der Waals surface area contributed by atoms with Crippen LogP contribution in [0.2, 0.25) is 0 Å². The van der Waals surface area contributed by atoms with Crippen molar-refractivity contribution in [3.8, 4) is 34.1 Å². The molecule has 4 aromatic rings. The molecule has 0 bridgehead atoms. The third kappa shape index (κ3) is 3.57. The third-order valence-electron chi connectivity index (χ3n) is 4.36. The first-order valence-electron chi connectivity index (χ1n) is 8.95. The number of nitrogens with one attached hydrogen (secondary N) is 1. The van der Waals surface area contributed by atoms with Gasteiger partial charge in [0.2, 0.25) is 0 Å².